The van der Waals surface area contributed by atoms with Crippen molar-refractivity contribution >= 4 is 17.6 Å². The quantitative estimate of drug-likeness (QED) is 0.524. The second kappa shape index (κ2) is 9.06. The summed E-state index contributed by atoms with van der Waals surface area (Å²) in [4.78, 5) is 24.3. The second-order valence-electron chi connectivity index (χ2n) is 6.76. The summed E-state index contributed by atoms with van der Waals surface area (Å²) in [5, 5.41) is 2.84. The second-order valence-corrected chi connectivity index (χ2v) is 6.76. The van der Waals surface area contributed by atoms with Gasteiger partial charge >= 0.3 is 5.97 Å². The number of esters is 1. The van der Waals surface area contributed by atoms with E-state index >= 15 is 0 Å². The number of carbonyl (C=O) groups excluding carboxylic acids is 2. The van der Waals surface area contributed by atoms with Crippen molar-refractivity contribution in [3.63, 3.8) is 0 Å². The van der Waals surface area contributed by atoms with Gasteiger partial charge in [0, 0.05) is 16.8 Å². The van der Waals surface area contributed by atoms with Gasteiger partial charge in [-0.2, -0.15) is 0 Å². The number of para-hydroxylation sites is 2. The molecule has 0 bridgehead atoms. The third-order valence-corrected chi connectivity index (χ3v) is 4.57. The summed E-state index contributed by atoms with van der Waals surface area (Å²) >= 11 is 0. The van der Waals surface area contributed by atoms with Gasteiger partial charge in [0.2, 0.25) is 6.10 Å². The maximum atomic E-state index is 12.6. The Morgan fingerprint density at radius 2 is 1.65 bits per heavy atom. The van der Waals surface area contributed by atoms with Gasteiger partial charge in [-0.25, -0.2) is 4.79 Å². The van der Waals surface area contributed by atoms with Crippen molar-refractivity contribution < 1.29 is 23.8 Å². The molecule has 0 aliphatic carbocycles. The highest BCUT2D eigenvalue weighted by Gasteiger charge is 2.27. The van der Waals surface area contributed by atoms with E-state index in [1.54, 1.807) is 48.5 Å². The van der Waals surface area contributed by atoms with Gasteiger partial charge in [-0.1, -0.05) is 36.1 Å². The van der Waals surface area contributed by atoms with Crippen LogP contribution in [0.2, 0.25) is 0 Å². The summed E-state index contributed by atoms with van der Waals surface area (Å²) in [5.74, 6) is 6.52. The smallest absolute Gasteiger partial charge is 0.337 e. The number of benzene rings is 3. The van der Waals surface area contributed by atoms with Gasteiger partial charge in [-0.05, 0) is 48.5 Å². The van der Waals surface area contributed by atoms with Crippen LogP contribution in [0.4, 0.5) is 5.69 Å². The highest BCUT2D eigenvalue weighted by atomic mass is 16.6. The topological polar surface area (TPSA) is 73.9 Å². The van der Waals surface area contributed by atoms with E-state index in [1.807, 2.05) is 24.3 Å². The maximum Gasteiger partial charge on any atom is 0.337 e. The molecule has 1 aliphatic rings. The van der Waals surface area contributed by atoms with E-state index in [2.05, 4.69) is 17.2 Å². The molecule has 154 valence electrons. The minimum Gasteiger partial charge on any atom is -0.485 e. The molecule has 0 spiro atoms. The molecule has 3 aromatic carbocycles. The average Bonchev–Trinajstić information content (AvgIpc) is 2.82. The highest BCUT2D eigenvalue weighted by Crippen LogP contribution is 2.31. The number of rotatable bonds is 3. The van der Waals surface area contributed by atoms with Gasteiger partial charge in [0.15, 0.2) is 11.5 Å². The third-order valence-electron chi connectivity index (χ3n) is 4.57. The fourth-order valence-electron chi connectivity index (χ4n) is 3.03. The Kier molecular flexibility index (Phi) is 5.86. The minimum absolute atomic E-state index is 0.138. The molecule has 0 aromatic heterocycles. The molecule has 1 N–H and O–H groups in total. The van der Waals surface area contributed by atoms with Gasteiger partial charge in [-0.3, -0.25) is 4.79 Å². The number of hydrogen-bond donors (Lipinski definition) is 1. The van der Waals surface area contributed by atoms with E-state index in [0.29, 0.717) is 33.9 Å². The van der Waals surface area contributed by atoms with Gasteiger partial charge in [0.05, 0.1) is 12.7 Å². The fourth-order valence-corrected chi connectivity index (χ4v) is 3.03. The van der Waals surface area contributed by atoms with Crippen LogP contribution in [0.25, 0.3) is 0 Å². The van der Waals surface area contributed by atoms with Crippen molar-refractivity contribution in [2.75, 3.05) is 19.0 Å². The number of carbonyl (C=O) groups is 2. The Bertz CT molecular complexity index is 1190. The minimum atomic E-state index is -0.745. The summed E-state index contributed by atoms with van der Waals surface area (Å²) in [5.41, 5.74) is 2.44. The van der Waals surface area contributed by atoms with Crippen LogP contribution < -0.4 is 14.8 Å². The average molecular weight is 413 g/mol. The summed E-state index contributed by atoms with van der Waals surface area (Å²) < 4.78 is 16.1. The largest absolute Gasteiger partial charge is 0.485 e. The zero-order valence-electron chi connectivity index (χ0n) is 16.8. The monoisotopic (exact) mass is 413 g/mol. The molecule has 3 aromatic rings. The predicted molar refractivity (Wildman–Crippen MR) is 115 cm³/mol. The maximum absolute atomic E-state index is 12.6. The zero-order chi connectivity index (χ0) is 21.6. The van der Waals surface area contributed by atoms with Crippen LogP contribution in [-0.4, -0.2) is 31.7 Å². The molecule has 31 heavy (non-hydrogen) atoms. The summed E-state index contributed by atoms with van der Waals surface area (Å²) in [6.45, 7) is 0.138. The Balaban J connectivity index is 1.44. The summed E-state index contributed by atoms with van der Waals surface area (Å²) in [6.07, 6.45) is -0.745. The number of ether oxygens (including phenoxy) is 3. The van der Waals surface area contributed by atoms with Crippen LogP contribution in [0, 0.1) is 11.8 Å². The number of fused-ring (bicyclic) bond motifs is 1. The molecule has 1 aliphatic heterocycles. The van der Waals surface area contributed by atoms with E-state index in [-0.39, 0.29) is 12.5 Å². The zero-order valence-corrected chi connectivity index (χ0v) is 16.8. The lowest BCUT2D eigenvalue weighted by Gasteiger charge is -2.25. The first-order valence-electron chi connectivity index (χ1n) is 9.62. The van der Waals surface area contributed by atoms with E-state index in [1.165, 1.54) is 7.11 Å². The van der Waals surface area contributed by atoms with Crippen molar-refractivity contribution in [1.82, 2.24) is 0 Å². The molecule has 6 heteroatoms. The van der Waals surface area contributed by atoms with Crippen molar-refractivity contribution in [3.8, 4) is 23.3 Å². The standard InChI is InChI=1S/C25H19NO5/c1-29-25(28)19-8-4-6-17(14-19)12-13-18-7-5-9-20(15-18)26-24(27)23-16-30-21-10-2-3-11-22(21)31-23/h2-11,14-15,23H,16H2,1H3,(H,26,27)/t23-/m1/s1. The summed E-state index contributed by atoms with van der Waals surface area (Å²) in [6, 6.07) is 21.3. The molecular weight excluding hydrogens is 394 g/mol. The van der Waals surface area contributed by atoms with Gasteiger partial charge < -0.3 is 19.5 Å². The van der Waals surface area contributed by atoms with Crippen LogP contribution >= 0.6 is 0 Å². The van der Waals surface area contributed by atoms with Gasteiger partial charge in [0.1, 0.15) is 6.61 Å². The molecule has 0 unspecified atom stereocenters. The first-order valence-corrected chi connectivity index (χ1v) is 9.62. The number of amides is 1. The van der Waals surface area contributed by atoms with E-state index in [9.17, 15) is 9.59 Å². The Hall–Kier alpha value is -4.24. The van der Waals surface area contributed by atoms with Crippen LogP contribution in [0.5, 0.6) is 11.5 Å². The molecular formula is C25H19NO5. The predicted octanol–water partition coefficient (Wildman–Crippen LogP) is 3.65. The normalized spacial score (nSPS) is 14.0. The lowest BCUT2D eigenvalue weighted by Crippen LogP contribution is -2.40. The molecule has 1 heterocycles. The van der Waals surface area contributed by atoms with Crippen LogP contribution in [0.3, 0.4) is 0 Å². The van der Waals surface area contributed by atoms with Gasteiger partial charge in [0.25, 0.3) is 5.91 Å². The van der Waals surface area contributed by atoms with Crippen LogP contribution in [0.15, 0.2) is 72.8 Å². The number of hydrogen-bond acceptors (Lipinski definition) is 5. The molecule has 4 rings (SSSR count). The first kappa shape index (κ1) is 20.0. The third kappa shape index (κ3) is 4.85. The number of nitrogens with one attached hydrogen (secondary N) is 1. The lowest BCUT2D eigenvalue weighted by atomic mass is 10.1. The van der Waals surface area contributed by atoms with E-state index < -0.39 is 12.1 Å². The Labute approximate surface area is 179 Å². The van der Waals surface area contributed by atoms with Crippen molar-refractivity contribution in [3.05, 3.63) is 89.5 Å². The van der Waals surface area contributed by atoms with E-state index in [0.717, 1.165) is 0 Å². The summed E-state index contributed by atoms with van der Waals surface area (Å²) in [7, 11) is 1.34. The van der Waals surface area contributed by atoms with Gasteiger partial charge in [-0.15, -0.1) is 0 Å². The van der Waals surface area contributed by atoms with Crippen LogP contribution in [0.1, 0.15) is 21.5 Å². The molecule has 0 radical (unpaired) electrons. The Morgan fingerprint density at radius 3 is 2.42 bits per heavy atom. The number of methoxy groups -OCH3 is 1. The molecule has 0 fully saturated rings. The van der Waals surface area contributed by atoms with Crippen molar-refractivity contribution in [2.24, 2.45) is 0 Å². The fraction of sp³-hybridized carbons (Fsp3) is 0.120. The number of anilines is 1. The van der Waals surface area contributed by atoms with Crippen molar-refractivity contribution in [2.45, 2.75) is 6.10 Å². The van der Waals surface area contributed by atoms with Crippen LogP contribution in [-0.2, 0) is 9.53 Å². The lowest BCUT2D eigenvalue weighted by molar-refractivity contribution is -0.125. The highest BCUT2D eigenvalue weighted by molar-refractivity contribution is 5.95. The SMILES string of the molecule is COC(=O)c1cccc(C#Cc2cccc(NC(=O)[C@H]3COc4ccccc4O3)c2)c1. The molecule has 6 nitrogen and oxygen atoms in total. The molecule has 0 saturated heterocycles. The van der Waals surface area contributed by atoms with E-state index in [4.69, 9.17) is 14.2 Å². The molecule has 1 amide bonds. The van der Waals surface area contributed by atoms with Crippen molar-refractivity contribution in [1.29, 1.82) is 0 Å². The molecule has 1 atom stereocenters. The Morgan fingerprint density at radius 1 is 0.935 bits per heavy atom. The first-order chi connectivity index (χ1) is 15.1. The molecule has 0 saturated carbocycles.